The molecule has 0 atom stereocenters. The number of aromatic nitrogens is 2. The van der Waals surface area contributed by atoms with Gasteiger partial charge in [-0.15, -0.1) is 0 Å². The molecule has 0 spiro atoms. The van der Waals surface area contributed by atoms with Gasteiger partial charge in [0.15, 0.2) is 5.82 Å². The zero-order chi connectivity index (χ0) is 21.1. The molecule has 0 radical (unpaired) electrons. The first kappa shape index (κ1) is 22.5. The molecule has 1 amide bonds. The summed E-state index contributed by atoms with van der Waals surface area (Å²) in [5, 5.41) is 7.81. The monoisotopic (exact) mass is 428 g/mol. The number of carbonyl (C=O) groups is 1. The zero-order valence-corrected chi connectivity index (χ0v) is 18.5. The minimum Gasteiger partial charge on any atom is -0.444 e. The second kappa shape index (κ2) is 8.68. The lowest BCUT2D eigenvalue weighted by atomic mass is 10.1. The normalized spacial score (nSPS) is 12.3. The molecule has 1 heterocycles. The number of nitrogens with zero attached hydrogens (tertiary/aromatic N) is 3. The molecule has 1 aromatic heterocycles. The first-order chi connectivity index (χ1) is 12.9. The van der Waals surface area contributed by atoms with Gasteiger partial charge in [0.25, 0.3) is 0 Å². The van der Waals surface area contributed by atoms with Crippen molar-refractivity contribution < 1.29 is 14.1 Å². The number of halogens is 2. The quantitative estimate of drug-likeness (QED) is 0.713. The number of amides is 1. The Balaban J connectivity index is 2.00. The maximum Gasteiger partial charge on any atom is 0.408 e. The number of alkyl carbamates (subject to hydrolysis) is 1. The standard InChI is InChI=1S/C19H26Cl2N4O3/c1-18(2,3)27-17(26)23-19(4,5)16-22-14(28-24-16)11-25(6)10-12-8-7-9-13(20)15(12)21/h7-9H,10-11H2,1-6H3,(H,23,26). The van der Waals surface area contributed by atoms with Crippen molar-refractivity contribution in [3.63, 3.8) is 0 Å². The van der Waals surface area contributed by atoms with E-state index in [-0.39, 0.29) is 0 Å². The van der Waals surface area contributed by atoms with Gasteiger partial charge in [-0.25, -0.2) is 4.79 Å². The minimum absolute atomic E-state index is 0.363. The average Bonchev–Trinajstić information content (AvgIpc) is 2.98. The fraction of sp³-hybridized carbons (Fsp3) is 0.526. The molecule has 0 bridgehead atoms. The third-order valence-electron chi connectivity index (χ3n) is 3.72. The molecule has 9 heteroatoms. The molecule has 1 aromatic carbocycles. The highest BCUT2D eigenvalue weighted by atomic mass is 35.5. The number of hydrogen-bond donors (Lipinski definition) is 1. The van der Waals surface area contributed by atoms with Gasteiger partial charge in [-0.3, -0.25) is 4.90 Å². The number of benzene rings is 1. The van der Waals surface area contributed by atoms with Crippen LogP contribution in [0.25, 0.3) is 0 Å². The Bertz CT molecular complexity index is 831. The highest BCUT2D eigenvalue weighted by Crippen LogP contribution is 2.26. The van der Waals surface area contributed by atoms with E-state index in [0.717, 1.165) is 5.56 Å². The summed E-state index contributed by atoms with van der Waals surface area (Å²) in [6.45, 7) is 9.94. The summed E-state index contributed by atoms with van der Waals surface area (Å²) in [4.78, 5) is 18.4. The molecular formula is C19H26Cl2N4O3. The smallest absolute Gasteiger partial charge is 0.408 e. The van der Waals surface area contributed by atoms with E-state index in [1.165, 1.54) is 0 Å². The van der Waals surface area contributed by atoms with Crippen molar-refractivity contribution in [1.29, 1.82) is 0 Å². The summed E-state index contributed by atoms with van der Waals surface area (Å²) in [6, 6.07) is 5.52. The van der Waals surface area contributed by atoms with Crippen molar-refractivity contribution in [2.45, 2.75) is 58.8 Å². The summed E-state index contributed by atoms with van der Waals surface area (Å²) in [7, 11) is 1.91. The Morgan fingerprint density at radius 2 is 1.89 bits per heavy atom. The Kier molecular flexibility index (Phi) is 6.96. The van der Waals surface area contributed by atoms with Gasteiger partial charge in [-0.2, -0.15) is 4.98 Å². The van der Waals surface area contributed by atoms with Crippen LogP contribution in [0.3, 0.4) is 0 Å². The topological polar surface area (TPSA) is 80.5 Å². The van der Waals surface area contributed by atoms with Crippen molar-refractivity contribution >= 4 is 29.3 Å². The molecule has 28 heavy (non-hydrogen) atoms. The van der Waals surface area contributed by atoms with Gasteiger partial charge in [0.2, 0.25) is 5.89 Å². The number of carbonyl (C=O) groups excluding carboxylic acids is 1. The summed E-state index contributed by atoms with van der Waals surface area (Å²) in [5.41, 5.74) is -0.533. The van der Waals surface area contributed by atoms with Crippen LogP contribution in [0.15, 0.2) is 22.7 Å². The maximum absolute atomic E-state index is 12.0. The van der Waals surface area contributed by atoms with E-state index in [1.807, 2.05) is 24.1 Å². The van der Waals surface area contributed by atoms with E-state index in [0.29, 0.717) is 34.8 Å². The van der Waals surface area contributed by atoms with E-state index in [9.17, 15) is 4.79 Å². The first-order valence-corrected chi connectivity index (χ1v) is 9.58. The highest BCUT2D eigenvalue weighted by molar-refractivity contribution is 6.42. The van der Waals surface area contributed by atoms with Crippen LogP contribution in [0, 0.1) is 0 Å². The SMILES string of the molecule is CN(Cc1nc(C(C)(C)NC(=O)OC(C)(C)C)no1)Cc1cccc(Cl)c1Cl. The van der Waals surface area contributed by atoms with Crippen molar-refractivity contribution in [2.24, 2.45) is 0 Å². The first-order valence-electron chi connectivity index (χ1n) is 8.83. The van der Waals surface area contributed by atoms with E-state index in [1.54, 1.807) is 40.7 Å². The van der Waals surface area contributed by atoms with E-state index >= 15 is 0 Å². The lowest BCUT2D eigenvalue weighted by Gasteiger charge is -2.26. The molecule has 7 nitrogen and oxygen atoms in total. The van der Waals surface area contributed by atoms with Gasteiger partial charge in [0.1, 0.15) is 11.1 Å². The van der Waals surface area contributed by atoms with E-state index in [4.69, 9.17) is 32.5 Å². The van der Waals surface area contributed by atoms with E-state index < -0.39 is 17.2 Å². The number of ether oxygens (including phenoxy) is 1. The Hall–Kier alpha value is -1.83. The van der Waals surface area contributed by atoms with Crippen LogP contribution in [0.2, 0.25) is 10.0 Å². The molecule has 0 saturated carbocycles. The van der Waals surface area contributed by atoms with Crippen molar-refractivity contribution in [1.82, 2.24) is 20.4 Å². The number of rotatable bonds is 6. The second-order valence-electron chi connectivity index (χ2n) is 8.15. The van der Waals surface area contributed by atoms with Crippen molar-refractivity contribution in [2.75, 3.05) is 7.05 Å². The van der Waals surface area contributed by atoms with Crippen molar-refractivity contribution in [3.05, 3.63) is 45.5 Å². The average molecular weight is 429 g/mol. The van der Waals surface area contributed by atoms with Gasteiger partial charge < -0.3 is 14.6 Å². The molecule has 154 valence electrons. The van der Waals surface area contributed by atoms with Crippen LogP contribution in [0.5, 0.6) is 0 Å². The second-order valence-corrected chi connectivity index (χ2v) is 8.93. The van der Waals surface area contributed by atoms with Crippen LogP contribution >= 0.6 is 23.2 Å². The lowest BCUT2D eigenvalue weighted by Crippen LogP contribution is -2.44. The Labute approximate surface area is 175 Å². The van der Waals surface area contributed by atoms with Crippen LogP contribution in [0.4, 0.5) is 4.79 Å². The van der Waals surface area contributed by atoms with Crippen LogP contribution < -0.4 is 5.32 Å². The minimum atomic E-state index is -0.848. The fourth-order valence-corrected chi connectivity index (χ4v) is 2.82. The molecule has 0 aliphatic heterocycles. The maximum atomic E-state index is 12.0. The molecule has 0 unspecified atom stereocenters. The summed E-state index contributed by atoms with van der Waals surface area (Å²) in [5.74, 6) is 0.789. The largest absolute Gasteiger partial charge is 0.444 e. The number of hydrogen-bond acceptors (Lipinski definition) is 6. The van der Waals surface area contributed by atoms with Gasteiger partial charge in [0.05, 0.1) is 16.6 Å². The van der Waals surface area contributed by atoms with Gasteiger partial charge in [-0.1, -0.05) is 40.5 Å². The highest BCUT2D eigenvalue weighted by Gasteiger charge is 2.31. The number of nitrogens with one attached hydrogen (secondary N) is 1. The Morgan fingerprint density at radius 3 is 2.54 bits per heavy atom. The van der Waals surface area contributed by atoms with Gasteiger partial charge >= 0.3 is 6.09 Å². The zero-order valence-electron chi connectivity index (χ0n) is 17.0. The van der Waals surface area contributed by atoms with Crippen LogP contribution in [0.1, 0.15) is 51.9 Å². The molecule has 0 aliphatic carbocycles. The molecule has 2 rings (SSSR count). The summed E-state index contributed by atoms with van der Waals surface area (Å²) in [6.07, 6.45) is -0.545. The summed E-state index contributed by atoms with van der Waals surface area (Å²) >= 11 is 12.3. The van der Waals surface area contributed by atoms with Crippen molar-refractivity contribution in [3.8, 4) is 0 Å². The third-order valence-corrected chi connectivity index (χ3v) is 4.58. The lowest BCUT2D eigenvalue weighted by molar-refractivity contribution is 0.0465. The Morgan fingerprint density at radius 1 is 1.21 bits per heavy atom. The van der Waals surface area contributed by atoms with Crippen LogP contribution in [-0.4, -0.2) is 33.8 Å². The predicted octanol–water partition coefficient (Wildman–Crippen LogP) is 4.77. The molecular weight excluding hydrogens is 403 g/mol. The molecule has 0 fully saturated rings. The fourth-order valence-electron chi connectivity index (χ4n) is 2.44. The molecule has 2 aromatic rings. The third kappa shape index (κ3) is 6.36. The molecule has 1 N–H and O–H groups in total. The molecule has 0 aliphatic rings. The van der Waals surface area contributed by atoms with Gasteiger partial charge in [-0.05, 0) is 53.3 Å². The molecule has 0 saturated heterocycles. The predicted molar refractivity (Wildman–Crippen MR) is 108 cm³/mol. The van der Waals surface area contributed by atoms with E-state index in [2.05, 4.69) is 15.5 Å². The summed E-state index contributed by atoms with van der Waals surface area (Å²) < 4.78 is 10.6. The van der Waals surface area contributed by atoms with Gasteiger partial charge in [0, 0.05) is 6.54 Å². The van der Waals surface area contributed by atoms with Crippen LogP contribution in [-0.2, 0) is 23.4 Å².